The van der Waals surface area contributed by atoms with Gasteiger partial charge in [0.1, 0.15) is 5.75 Å². The van der Waals surface area contributed by atoms with Gasteiger partial charge in [0.25, 0.3) is 0 Å². The summed E-state index contributed by atoms with van der Waals surface area (Å²) >= 11 is 0. The second-order valence-electron chi connectivity index (χ2n) is 5.26. The molecule has 0 amide bonds. The fraction of sp³-hybridized carbons (Fsp3) is 0.625. The van der Waals surface area contributed by atoms with Gasteiger partial charge in [-0.2, -0.15) is 0 Å². The summed E-state index contributed by atoms with van der Waals surface area (Å²) in [6.45, 7) is 8.68. The van der Waals surface area contributed by atoms with Crippen LogP contribution in [0.25, 0.3) is 0 Å². The number of hydrogen-bond donors (Lipinski definition) is 1. The minimum atomic E-state index is 0.641. The Hall–Kier alpha value is -1.06. The zero-order valence-electron chi connectivity index (χ0n) is 12.1. The van der Waals surface area contributed by atoms with Gasteiger partial charge in [0.15, 0.2) is 0 Å². The summed E-state index contributed by atoms with van der Waals surface area (Å²) < 4.78 is 11.4. The molecule has 3 heteroatoms. The molecule has 1 aromatic carbocycles. The highest BCUT2D eigenvalue weighted by atomic mass is 16.5. The van der Waals surface area contributed by atoms with Crippen LogP contribution in [-0.2, 0) is 11.3 Å². The second kappa shape index (κ2) is 7.51. The molecule has 0 saturated carbocycles. The van der Waals surface area contributed by atoms with E-state index in [0.717, 1.165) is 51.5 Å². The number of benzene rings is 1. The van der Waals surface area contributed by atoms with Gasteiger partial charge < -0.3 is 14.8 Å². The topological polar surface area (TPSA) is 30.5 Å². The van der Waals surface area contributed by atoms with Crippen molar-refractivity contribution in [3.05, 3.63) is 29.3 Å². The lowest BCUT2D eigenvalue weighted by Crippen LogP contribution is -2.22. The number of aryl methyl sites for hydroxylation is 1. The molecule has 2 rings (SSSR count). The molecule has 0 bridgehead atoms. The molecule has 106 valence electrons. The Labute approximate surface area is 116 Å². The first-order chi connectivity index (χ1) is 9.29. The van der Waals surface area contributed by atoms with Crippen LogP contribution in [0.2, 0.25) is 0 Å². The molecule has 19 heavy (non-hydrogen) atoms. The third kappa shape index (κ3) is 4.51. The van der Waals surface area contributed by atoms with Crippen LogP contribution < -0.4 is 10.1 Å². The molecule has 1 aliphatic heterocycles. The van der Waals surface area contributed by atoms with E-state index in [1.165, 1.54) is 11.1 Å². The predicted octanol–water partition coefficient (Wildman–Crippen LogP) is 2.91. The van der Waals surface area contributed by atoms with Gasteiger partial charge in [-0.3, -0.25) is 0 Å². The molecule has 1 aliphatic rings. The van der Waals surface area contributed by atoms with Crippen LogP contribution in [0.15, 0.2) is 18.2 Å². The molecule has 1 saturated heterocycles. The Bertz CT molecular complexity index is 386. The average Bonchev–Trinajstić information content (AvgIpc) is 2.45. The molecule has 1 N–H and O–H groups in total. The molecule has 0 atom stereocenters. The van der Waals surface area contributed by atoms with Crippen LogP contribution in [0.3, 0.4) is 0 Å². The molecule has 1 fully saturated rings. The van der Waals surface area contributed by atoms with Gasteiger partial charge >= 0.3 is 0 Å². The summed E-state index contributed by atoms with van der Waals surface area (Å²) in [7, 11) is 0. The number of ether oxygens (including phenoxy) is 2. The lowest BCUT2D eigenvalue weighted by molar-refractivity contribution is 0.0496. The van der Waals surface area contributed by atoms with Crippen LogP contribution in [0.5, 0.6) is 5.75 Å². The Balaban J connectivity index is 1.93. The van der Waals surface area contributed by atoms with E-state index in [2.05, 4.69) is 37.4 Å². The minimum Gasteiger partial charge on any atom is -0.493 e. The highest BCUT2D eigenvalue weighted by Crippen LogP contribution is 2.22. The van der Waals surface area contributed by atoms with Crippen LogP contribution >= 0.6 is 0 Å². The number of rotatable bonds is 6. The lowest BCUT2D eigenvalue weighted by atomic mass is 10.0. The predicted molar refractivity (Wildman–Crippen MR) is 77.6 cm³/mol. The first kappa shape index (κ1) is 14.4. The molecule has 0 aromatic heterocycles. The molecule has 1 aromatic rings. The third-order valence-electron chi connectivity index (χ3n) is 3.60. The second-order valence-corrected chi connectivity index (χ2v) is 5.26. The van der Waals surface area contributed by atoms with Gasteiger partial charge in [-0.05, 0) is 38.3 Å². The van der Waals surface area contributed by atoms with Crippen molar-refractivity contribution in [1.82, 2.24) is 5.32 Å². The van der Waals surface area contributed by atoms with E-state index in [1.54, 1.807) is 0 Å². The normalized spacial score (nSPS) is 16.5. The van der Waals surface area contributed by atoms with E-state index in [9.17, 15) is 0 Å². The summed E-state index contributed by atoms with van der Waals surface area (Å²) in [5.74, 6) is 1.67. The molecule has 0 aliphatic carbocycles. The van der Waals surface area contributed by atoms with Crippen LogP contribution in [0.4, 0.5) is 0 Å². The zero-order valence-corrected chi connectivity index (χ0v) is 12.1. The quantitative estimate of drug-likeness (QED) is 0.856. The van der Waals surface area contributed by atoms with E-state index in [0.29, 0.717) is 5.92 Å². The summed E-state index contributed by atoms with van der Waals surface area (Å²) in [6.07, 6.45) is 2.24. The van der Waals surface area contributed by atoms with Crippen molar-refractivity contribution in [3.63, 3.8) is 0 Å². The summed E-state index contributed by atoms with van der Waals surface area (Å²) in [4.78, 5) is 0. The monoisotopic (exact) mass is 263 g/mol. The van der Waals surface area contributed by atoms with Crippen LogP contribution in [-0.4, -0.2) is 26.4 Å². The van der Waals surface area contributed by atoms with E-state index >= 15 is 0 Å². The number of hydrogen-bond acceptors (Lipinski definition) is 3. The van der Waals surface area contributed by atoms with Crippen molar-refractivity contribution in [2.75, 3.05) is 26.4 Å². The van der Waals surface area contributed by atoms with Crippen molar-refractivity contribution >= 4 is 0 Å². The third-order valence-corrected chi connectivity index (χ3v) is 3.60. The SMILES string of the molecule is CCNCc1cc(C)ccc1OCC1CCOCC1. The standard InChI is InChI=1S/C16H25NO2/c1-3-17-11-15-10-13(2)4-5-16(15)19-12-14-6-8-18-9-7-14/h4-5,10,14,17H,3,6-9,11-12H2,1-2H3. The maximum atomic E-state index is 6.03. The van der Waals surface area contributed by atoms with Crippen molar-refractivity contribution in [2.24, 2.45) is 5.92 Å². The highest BCUT2D eigenvalue weighted by Gasteiger charge is 2.15. The molecule has 3 nitrogen and oxygen atoms in total. The largest absolute Gasteiger partial charge is 0.493 e. The fourth-order valence-electron chi connectivity index (χ4n) is 2.37. The van der Waals surface area contributed by atoms with E-state index in [1.807, 2.05) is 0 Å². The van der Waals surface area contributed by atoms with Gasteiger partial charge in [-0.25, -0.2) is 0 Å². The Kier molecular flexibility index (Phi) is 5.67. The summed E-state index contributed by atoms with van der Waals surface area (Å²) in [6, 6.07) is 6.43. The number of nitrogens with one attached hydrogen (secondary N) is 1. The van der Waals surface area contributed by atoms with Gasteiger partial charge in [0.05, 0.1) is 6.61 Å². The van der Waals surface area contributed by atoms with Gasteiger partial charge in [-0.15, -0.1) is 0 Å². The Morgan fingerprint density at radius 1 is 1.32 bits per heavy atom. The van der Waals surface area contributed by atoms with Gasteiger partial charge in [0.2, 0.25) is 0 Å². The summed E-state index contributed by atoms with van der Waals surface area (Å²) in [5.41, 5.74) is 2.54. The average molecular weight is 263 g/mol. The van der Waals surface area contributed by atoms with Gasteiger partial charge in [0, 0.05) is 25.3 Å². The molecule has 1 heterocycles. The maximum absolute atomic E-state index is 6.03. The van der Waals surface area contributed by atoms with E-state index in [4.69, 9.17) is 9.47 Å². The van der Waals surface area contributed by atoms with Crippen molar-refractivity contribution in [1.29, 1.82) is 0 Å². The molecule has 0 radical (unpaired) electrons. The van der Waals surface area contributed by atoms with Crippen molar-refractivity contribution in [2.45, 2.75) is 33.2 Å². The maximum Gasteiger partial charge on any atom is 0.123 e. The zero-order chi connectivity index (χ0) is 13.5. The van der Waals surface area contributed by atoms with Crippen molar-refractivity contribution < 1.29 is 9.47 Å². The van der Waals surface area contributed by atoms with Crippen LogP contribution in [0.1, 0.15) is 30.9 Å². The van der Waals surface area contributed by atoms with E-state index < -0.39 is 0 Å². The molecule has 0 spiro atoms. The smallest absolute Gasteiger partial charge is 0.123 e. The molecule has 0 unspecified atom stereocenters. The van der Waals surface area contributed by atoms with Crippen molar-refractivity contribution in [3.8, 4) is 5.75 Å². The van der Waals surface area contributed by atoms with E-state index in [-0.39, 0.29) is 0 Å². The minimum absolute atomic E-state index is 0.641. The first-order valence-electron chi connectivity index (χ1n) is 7.30. The summed E-state index contributed by atoms with van der Waals surface area (Å²) in [5, 5.41) is 3.37. The highest BCUT2D eigenvalue weighted by molar-refractivity contribution is 5.36. The Morgan fingerprint density at radius 3 is 2.84 bits per heavy atom. The van der Waals surface area contributed by atoms with Gasteiger partial charge in [-0.1, -0.05) is 24.6 Å². The molecular formula is C16H25NO2. The Morgan fingerprint density at radius 2 is 2.11 bits per heavy atom. The first-order valence-corrected chi connectivity index (χ1v) is 7.30. The fourth-order valence-corrected chi connectivity index (χ4v) is 2.37. The molecular weight excluding hydrogens is 238 g/mol. The van der Waals surface area contributed by atoms with Crippen LogP contribution in [0, 0.1) is 12.8 Å². The lowest BCUT2D eigenvalue weighted by Gasteiger charge is -2.23.